The third-order valence-electron chi connectivity index (χ3n) is 2.92. The zero-order chi connectivity index (χ0) is 16.8. The summed E-state index contributed by atoms with van der Waals surface area (Å²) in [7, 11) is 0. The van der Waals surface area contributed by atoms with Gasteiger partial charge in [0.1, 0.15) is 5.75 Å². The van der Waals surface area contributed by atoms with Gasteiger partial charge in [0, 0.05) is 15.5 Å². The Morgan fingerprint density at radius 1 is 1.04 bits per heavy atom. The van der Waals surface area contributed by atoms with Crippen LogP contribution in [0.2, 0.25) is 5.02 Å². The van der Waals surface area contributed by atoms with Gasteiger partial charge in [0.2, 0.25) is 0 Å². The van der Waals surface area contributed by atoms with Crippen LogP contribution in [0, 0.1) is 0 Å². The molecule has 0 aliphatic carbocycles. The van der Waals surface area contributed by atoms with Gasteiger partial charge in [-0.15, -0.1) is 11.8 Å². The quantitative estimate of drug-likeness (QED) is 0.585. The highest BCUT2D eigenvalue weighted by Gasteiger charge is 2.15. The van der Waals surface area contributed by atoms with Crippen LogP contribution in [-0.2, 0) is 4.79 Å². The van der Waals surface area contributed by atoms with Crippen molar-refractivity contribution in [3.63, 3.8) is 0 Å². The number of phenols is 1. The summed E-state index contributed by atoms with van der Waals surface area (Å²) in [5.41, 5.74) is 5.05. The topological polar surface area (TPSA) is 78.4 Å². The van der Waals surface area contributed by atoms with Gasteiger partial charge in [0.15, 0.2) is 0 Å². The van der Waals surface area contributed by atoms with Crippen LogP contribution >= 0.6 is 23.4 Å². The minimum Gasteiger partial charge on any atom is -0.508 e. The maximum Gasteiger partial charge on any atom is 0.269 e. The second-order valence-electron chi connectivity index (χ2n) is 4.70. The Balaban J connectivity index is 1.84. The molecule has 0 spiro atoms. The van der Waals surface area contributed by atoms with Crippen molar-refractivity contribution < 1.29 is 14.7 Å². The summed E-state index contributed by atoms with van der Waals surface area (Å²) in [5.74, 6) is -0.710. The zero-order valence-corrected chi connectivity index (χ0v) is 13.8. The third kappa shape index (κ3) is 5.19. The summed E-state index contributed by atoms with van der Waals surface area (Å²) in [6, 6.07) is 12.9. The fourth-order valence-electron chi connectivity index (χ4n) is 1.68. The number of phenolic OH excluding ortho intramolecular Hbond substituents is 1. The number of benzene rings is 2. The first kappa shape index (κ1) is 17.2. The van der Waals surface area contributed by atoms with Crippen LogP contribution in [0.15, 0.2) is 53.4 Å². The van der Waals surface area contributed by atoms with E-state index in [9.17, 15) is 14.7 Å². The highest BCUT2D eigenvalue weighted by atomic mass is 35.5. The first-order valence-electron chi connectivity index (χ1n) is 6.77. The van der Waals surface area contributed by atoms with Crippen molar-refractivity contribution in [2.24, 2.45) is 0 Å². The molecule has 0 radical (unpaired) electrons. The highest BCUT2D eigenvalue weighted by molar-refractivity contribution is 8.00. The number of hydrazine groups is 1. The smallest absolute Gasteiger partial charge is 0.269 e. The molecule has 2 aromatic carbocycles. The average Bonchev–Trinajstić information content (AvgIpc) is 2.55. The molecule has 23 heavy (non-hydrogen) atoms. The molecular formula is C16H15ClN2O3S. The Morgan fingerprint density at radius 2 is 1.65 bits per heavy atom. The van der Waals surface area contributed by atoms with E-state index in [1.165, 1.54) is 36.0 Å². The van der Waals surface area contributed by atoms with Crippen molar-refractivity contribution in [3.8, 4) is 5.75 Å². The van der Waals surface area contributed by atoms with Gasteiger partial charge in [-0.25, -0.2) is 0 Å². The number of thioether (sulfide) groups is 1. The maximum atomic E-state index is 12.0. The molecule has 0 unspecified atom stereocenters. The van der Waals surface area contributed by atoms with Gasteiger partial charge in [0.25, 0.3) is 11.8 Å². The van der Waals surface area contributed by atoms with Gasteiger partial charge < -0.3 is 5.11 Å². The molecule has 1 atom stereocenters. The SMILES string of the molecule is C[C@H](Sc1ccc(Cl)cc1)C(=O)NNC(=O)c1ccc(O)cc1. The number of hydrogen-bond donors (Lipinski definition) is 3. The molecule has 5 nitrogen and oxygen atoms in total. The monoisotopic (exact) mass is 350 g/mol. The highest BCUT2D eigenvalue weighted by Crippen LogP contribution is 2.24. The van der Waals surface area contributed by atoms with Gasteiger partial charge in [-0.05, 0) is 55.5 Å². The van der Waals surface area contributed by atoms with E-state index >= 15 is 0 Å². The predicted molar refractivity (Wildman–Crippen MR) is 90.5 cm³/mol. The van der Waals surface area contributed by atoms with Gasteiger partial charge in [-0.3, -0.25) is 20.4 Å². The van der Waals surface area contributed by atoms with Crippen molar-refractivity contribution in [3.05, 3.63) is 59.1 Å². The second kappa shape index (κ2) is 7.89. The van der Waals surface area contributed by atoms with Crippen LogP contribution in [0.3, 0.4) is 0 Å². The van der Waals surface area contributed by atoms with E-state index < -0.39 is 11.2 Å². The molecule has 0 aliphatic heterocycles. The molecule has 2 aromatic rings. The van der Waals surface area contributed by atoms with Crippen molar-refractivity contribution in [2.75, 3.05) is 0 Å². The molecule has 120 valence electrons. The lowest BCUT2D eigenvalue weighted by Gasteiger charge is -2.13. The van der Waals surface area contributed by atoms with E-state index in [1.807, 2.05) is 12.1 Å². The van der Waals surface area contributed by atoms with Crippen LogP contribution in [-0.4, -0.2) is 22.2 Å². The molecule has 0 aliphatic rings. The number of halogens is 1. The van der Waals surface area contributed by atoms with Crippen molar-refractivity contribution in [1.29, 1.82) is 0 Å². The van der Waals surface area contributed by atoms with Gasteiger partial charge in [-0.2, -0.15) is 0 Å². The fourth-order valence-corrected chi connectivity index (χ4v) is 2.67. The maximum absolute atomic E-state index is 12.0. The zero-order valence-electron chi connectivity index (χ0n) is 12.2. The number of carbonyl (C=O) groups excluding carboxylic acids is 2. The summed E-state index contributed by atoms with van der Waals surface area (Å²) in [4.78, 5) is 24.7. The van der Waals surface area contributed by atoms with E-state index in [2.05, 4.69) is 10.9 Å². The predicted octanol–water partition coefficient (Wildman–Crippen LogP) is 2.99. The number of hydrogen-bond acceptors (Lipinski definition) is 4. The minimum absolute atomic E-state index is 0.0681. The molecule has 0 aromatic heterocycles. The van der Waals surface area contributed by atoms with Crippen LogP contribution in [0.5, 0.6) is 5.75 Å². The number of rotatable bonds is 4. The first-order chi connectivity index (χ1) is 11.0. The minimum atomic E-state index is -0.456. The van der Waals surface area contributed by atoms with E-state index in [4.69, 9.17) is 11.6 Å². The van der Waals surface area contributed by atoms with Crippen LogP contribution in [0.4, 0.5) is 0 Å². The van der Waals surface area contributed by atoms with E-state index in [0.29, 0.717) is 10.6 Å². The van der Waals surface area contributed by atoms with E-state index in [0.717, 1.165) is 4.90 Å². The normalized spacial score (nSPS) is 11.6. The summed E-state index contributed by atoms with van der Waals surface area (Å²) < 4.78 is 0. The second-order valence-corrected chi connectivity index (χ2v) is 6.55. The van der Waals surface area contributed by atoms with Crippen molar-refractivity contribution in [1.82, 2.24) is 10.9 Å². The van der Waals surface area contributed by atoms with Crippen molar-refractivity contribution >= 4 is 35.2 Å². The largest absolute Gasteiger partial charge is 0.508 e. The Hall–Kier alpha value is -2.18. The lowest BCUT2D eigenvalue weighted by Crippen LogP contribution is -2.44. The van der Waals surface area contributed by atoms with E-state index in [-0.39, 0.29) is 11.7 Å². The van der Waals surface area contributed by atoms with Gasteiger partial charge in [0.05, 0.1) is 5.25 Å². The molecule has 2 rings (SSSR count). The molecular weight excluding hydrogens is 336 g/mol. The summed E-state index contributed by atoms with van der Waals surface area (Å²) >= 11 is 7.17. The van der Waals surface area contributed by atoms with Gasteiger partial charge in [-0.1, -0.05) is 11.6 Å². The molecule has 0 heterocycles. The number of amides is 2. The fraction of sp³-hybridized carbons (Fsp3) is 0.125. The Morgan fingerprint density at radius 3 is 2.26 bits per heavy atom. The summed E-state index contributed by atoms with van der Waals surface area (Å²) in [5, 5.41) is 9.41. The summed E-state index contributed by atoms with van der Waals surface area (Å²) in [6.07, 6.45) is 0. The molecule has 7 heteroatoms. The number of nitrogens with one attached hydrogen (secondary N) is 2. The Kier molecular flexibility index (Phi) is 5.90. The molecule has 0 saturated carbocycles. The van der Waals surface area contributed by atoms with Gasteiger partial charge >= 0.3 is 0 Å². The summed E-state index contributed by atoms with van der Waals surface area (Å²) in [6.45, 7) is 1.74. The molecule has 2 amide bonds. The Labute approximate surface area is 143 Å². The number of aromatic hydroxyl groups is 1. The average molecular weight is 351 g/mol. The molecule has 0 saturated heterocycles. The molecule has 0 fully saturated rings. The van der Waals surface area contributed by atoms with Crippen LogP contribution in [0.1, 0.15) is 17.3 Å². The lowest BCUT2D eigenvalue weighted by molar-refractivity contribution is -0.121. The van der Waals surface area contributed by atoms with Crippen molar-refractivity contribution in [2.45, 2.75) is 17.1 Å². The first-order valence-corrected chi connectivity index (χ1v) is 8.03. The Bertz CT molecular complexity index is 689. The third-order valence-corrected chi connectivity index (χ3v) is 4.29. The standard InChI is InChI=1S/C16H15ClN2O3S/c1-10(23-14-8-4-12(17)5-9-14)15(21)18-19-16(22)11-2-6-13(20)7-3-11/h2-10,20H,1H3,(H,18,21)(H,19,22)/t10-/m0/s1. The van der Waals surface area contributed by atoms with E-state index in [1.54, 1.807) is 19.1 Å². The van der Waals surface area contributed by atoms with Crippen LogP contribution in [0.25, 0.3) is 0 Å². The van der Waals surface area contributed by atoms with Crippen LogP contribution < -0.4 is 10.9 Å². The lowest BCUT2D eigenvalue weighted by atomic mass is 10.2. The molecule has 0 bridgehead atoms. The molecule has 3 N–H and O–H groups in total. The number of carbonyl (C=O) groups is 2.